The molecule has 154 valence electrons. The maximum Gasteiger partial charge on any atom is 0.416 e. The fourth-order valence-electron chi connectivity index (χ4n) is 3.05. The number of rotatable bonds is 5. The number of hydrogen-bond donors (Lipinski definition) is 1. The number of carbonyl (C=O) groups excluding carboxylic acids is 1. The Kier molecular flexibility index (Phi) is 5.29. The first-order valence-electron chi connectivity index (χ1n) is 9.17. The molecular formula is C21H17F3N4OS. The topological polar surface area (TPSA) is 59.3 Å². The van der Waals surface area contributed by atoms with E-state index in [1.165, 1.54) is 23.5 Å². The van der Waals surface area contributed by atoms with Crippen molar-refractivity contribution in [1.29, 1.82) is 0 Å². The molecule has 4 aromatic rings. The fourth-order valence-corrected chi connectivity index (χ4v) is 3.90. The summed E-state index contributed by atoms with van der Waals surface area (Å²) in [6, 6.07) is 12.3. The molecule has 30 heavy (non-hydrogen) atoms. The highest BCUT2D eigenvalue weighted by molar-refractivity contribution is 7.15. The highest BCUT2D eigenvalue weighted by atomic mass is 32.1. The van der Waals surface area contributed by atoms with Crippen molar-refractivity contribution in [2.45, 2.75) is 19.5 Å². The summed E-state index contributed by atoms with van der Waals surface area (Å²) in [5, 5.41) is 9.13. The van der Waals surface area contributed by atoms with Crippen molar-refractivity contribution in [2.75, 3.05) is 6.54 Å². The van der Waals surface area contributed by atoms with E-state index in [1.54, 1.807) is 4.52 Å². The van der Waals surface area contributed by atoms with Crippen molar-refractivity contribution < 1.29 is 18.0 Å². The van der Waals surface area contributed by atoms with Gasteiger partial charge in [0.1, 0.15) is 0 Å². The molecule has 0 saturated carbocycles. The predicted molar refractivity (Wildman–Crippen MR) is 109 cm³/mol. The Morgan fingerprint density at radius 2 is 1.97 bits per heavy atom. The summed E-state index contributed by atoms with van der Waals surface area (Å²) in [4.78, 5) is 17.5. The summed E-state index contributed by atoms with van der Waals surface area (Å²) in [6.07, 6.45) is -4.01. The minimum absolute atomic E-state index is 0.0252. The second-order valence-corrected chi connectivity index (χ2v) is 7.65. The summed E-state index contributed by atoms with van der Waals surface area (Å²) >= 11 is 1.45. The molecule has 0 spiro atoms. The van der Waals surface area contributed by atoms with Gasteiger partial charge in [0.05, 0.1) is 11.3 Å². The zero-order valence-corrected chi connectivity index (χ0v) is 16.7. The normalized spacial score (nSPS) is 11.7. The third-order valence-corrected chi connectivity index (χ3v) is 5.41. The Labute approximate surface area is 174 Å². The number of aryl methyl sites for hydroxylation is 1. The highest BCUT2D eigenvalue weighted by Crippen LogP contribution is 2.29. The van der Waals surface area contributed by atoms with E-state index in [-0.39, 0.29) is 12.1 Å². The Morgan fingerprint density at radius 1 is 1.17 bits per heavy atom. The standard InChI is InChI=1S/C21H17F3N4OS/c1-13-4-2-5-14(10-13)18-26-20-28(27-18)17(12-30-20)8-9-25-19(29)15-6-3-7-16(11-15)21(22,23)24/h2-7,10-12H,8-9H2,1H3,(H,25,29). The number of carbonyl (C=O) groups is 1. The first-order valence-corrected chi connectivity index (χ1v) is 10.0. The third-order valence-electron chi connectivity index (χ3n) is 4.54. The van der Waals surface area contributed by atoms with Crippen LogP contribution in [0.15, 0.2) is 53.9 Å². The quantitative estimate of drug-likeness (QED) is 0.497. The Morgan fingerprint density at radius 3 is 2.73 bits per heavy atom. The average molecular weight is 430 g/mol. The van der Waals surface area contributed by atoms with E-state index in [0.717, 1.165) is 33.9 Å². The number of thiazole rings is 1. The maximum atomic E-state index is 12.8. The minimum Gasteiger partial charge on any atom is -0.352 e. The van der Waals surface area contributed by atoms with Gasteiger partial charge < -0.3 is 5.32 Å². The van der Waals surface area contributed by atoms with Crippen LogP contribution in [0, 0.1) is 6.92 Å². The molecule has 0 atom stereocenters. The smallest absolute Gasteiger partial charge is 0.352 e. The van der Waals surface area contributed by atoms with Gasteiger partial charge in [-0.3, -0.25) is 4.79 Å². The van der Waals surface area contributed by atoms with E-state index in [2.05, 4.69) is 15.4 Å². The van der Waals surface area contributed by atoms with Crippen molar-refractivity contribution in [2.24, 2.45) is 0 Å². The molecular weight excluding hydrogens is 413 g/mol. The monoisotopic (exact) mass is 430 g/mol. The number of fused-ring (bicyclic) bond motifs is 1. The summed E-state index contributed by atoms with van der Waals surface area (Å²) in [5.74, 6) is 0.0754. The molecule has 2 heterocycles. The van der Waals surface area contributed by atoms with Crippen molar-refractivity contribution in [3.8, 4) is 11.4 Å². The summed E-state index contributed by atoms with van der Waals surface area (Å²) in [7, 11) is 0. The van der Waals surface area contributed by atoms with E-state index < -0.39 is 17.6 Å². The van der Waals surface area contributed by atoms with Crippen LogP contribution in [0.3, 0.4) is 0 Å². The van der Waals surface area contributed by atoms with Gasteiger partial charge in [-0.2, -0.15) is 18.2 Å². The average Bonchev–Trinajstić information content (AvgIpc) is 3.29. The van der Waals surface area contributed by atoms with Crippen LogP contribution in [0.25, 0.3) is 16.3 Å². The summed E-state index contributed by atoms with van der Waals surface area (Å²) in [6.45, 7) is 2.26. The number of hydrogen-bond acceptors (Lipinski definition) is 4. The molecule has 0 aliphatic rings. The predicted octanol–water partition coefficient (Wildman–Crippen LogP) is 4.76. The van der Waals surface area contributed by atoms with Gasteiger partial charge in [0, 0.05) is 29.5 Å². The molecule has 1 N–H and O–H groups in total. The number of amides is 1. The highest BCUT2D eigenvalue weighted by Gasteiger charge is 2.30. The molecule has 4 rings (SSSR count). The molecule has 0 radical (unpaired) electrons. The van der Waals surface area contributed by atoms with Crippen LogP contribution >= 0.6 is 11.3 Å². The van der Waals surface area contributed by atoms with Gasteiger partial charge in [0.2, 0.25) is 4.96 Å². The molecule has 0 aliphatic heterocycles. The molecule has 0 fully saturated rings. The maximum absolute atomic E-state index is 12.8. The number of nitrogens with one attached hydrogen (secondary N) is 1. The second kappa shape index (κ2) is 7.91. The van der Waals surface area contributed by atoms with E-state index in [9.17, 15) is 18.0 Å². The largest absolute Gasteiger partial charge is 0.416 e. The third kappa shape index (κ3) is 4.20. The van der Waals surface area contributed by atoms with Crippen LogP contribution in [0.2, 0.25) is 0 Å². The molecule has 2 aromatic heterocycles. The molecule has 0 unspecified atom stereocenters. The molecule has 0 bridgehead atoms. The van der Waals surface area contributed by atoms with Crippen molar-refractivity contribution in [1.82, 2.24) is 19.9 Å². The van der Waals surface area contributed by atoms with Gasteiger partial charge in [-0.25, -0.2) is 4.52 Å². The van der Waals surface area contributed by atoms with Crippen LogP contribution in [0.1, 0.15) is 27.2 Å². The van der Waals surface area contributed by atoms with Gasteiger partial charge in [0.25, 0.3) is 5.91 Å². The van der Waals surface area contributed by atoms with Crippen molar-refractivity contribution >= 4 is 22.2 Å². The molecule has 1 amide bonds. The Balaban J connectivity index is 1.44. The first kappa shape index (κ1) is 20.1. The number of nitrogens with zero attached hydrogens (tertiary/aromatic N) is 3. The zero-order valence-electron chi connectivity index (χ0n) is 15.9. The van der Waals surface area contributed by atoms with E-state index >= 15 is 0 Å². The number of halogens is 3. The zero-order chi connectivity index (χ0) is 21.3. The summed E-state index contributed by atoms with van der Waals surface area (Å²) in [5.41, 5.74) is 2.03. The van der Waals surface area contributed by atoms with E-state index in [0.29, 0.717) is 12.2 Å². The van der Waals surface area contributed by atoms with Gasteiger partial charge in [0.15, 0.2) is 5.82 Å². The van der Waals surface area contributed by atoms with Crippen molar-refractivity contribution in [3.63, 3.8) is 0 Å². The van der Waals surface area contributed by atoms with E-state index in [4.69, 9.17) is 0 Å². The van der Waals surface area contributed by atoms with Crippen LogP contribution in [0.4, 0.5) is 13.2 Å². The lowest BCUT2D eigenvalue weighted by Gasteiger charge is -2.09. The van der Waals surface area contributed by atoms with Crippen LogP contribution in [-0.2, 0) is 12.6 Å². The van der Waals surface area contributed by atoms with Crippen LogP contribution in [-0.4, -0.2) is 27.0 Å². The number of benzene rings is 2. The minimum atomic E-state index is -4.49. The molecule has 9 heteroatoms. The van der Waals surface area contributed by atoms with E-state index in [1.807, 2.05) is 36.6 Å². The lowest BCUT2D eigenvalue weighted by atomic mass is 10.1. The molecule has 0 saturated heterocycles. The lowest BCUT2D eigenvalue weighted by molar-refractivity contribution is -0.137. The van der Waals surface area contributed by atoms with Gasteiger partial charge in [-0.15, -0.1) is 16.4 Å². The Bertz CT molecular complexity index is 1210. The van der Waals surface area contributed by atoms with Crippen LogP contribution in [0.5, 0.6) is 0 Å². The lowest BCUT2D eigenvalue weighted by Crippen LogP contribution is -2.26. The van der Waals surface area contributed by atoms with Gasteiger partial charge in [-0.1, -0.05) is 29.8 Å². The fraction of sp³-hybridized carbons (Fsp3) is 0.190. The molecule has 0 aliphatic carbocycles. The SMILES string of the molecule is Cc1cccc(-c2nc3scc(CCNC(=O)c4cccc(C(F)(F)F)c4)n3n2)c1. The van der Waals surface area contributed by atoms with Gasteiger partial charge >= 0.3 is 6.18 Å². The van der Waals surface area contributed by atoms with Crippen LogP contribution < -0.4 is 5.32 Å². The molecule has 2 aromatic carbocycles. The number of alkyl halides is 3. The second-order valence-electron chi connectivity index (χ2n) is 6.81. The number of aromatic nitrogens is 3. The first-order chi connectivity index (χ1) is 14.3. The molecule has 5 nitrogen and oxygen atoms in total. The van der Waals surface area contributed by atoms with Crippen molar-refractivity contribution in [3.05, 3.63) is 76.3 Å². The summed E-state index contributed by atoms with van der Waals surface area (Å²) < 4.78 is 40.2. The Hall–Kier alpha value is -3.20. The van der Waals surface area contributed by atoms with Gasteiger partial charge in [-0.05, 0) is 31.2 Å².